The molecular formula is C29H37N5O5. The second kappa shape index (κ2) is 10.1. The predicted octanol–water partition coefficient (Wildman–Crippen LogP) is 1.68. The summed E-state index contributed by atoms with van der Waals surface area (Å²) in [6.07, 6.45) is 2.41. The number of nitrogens with zero attached hydrogens (tertiary/aromatic N) is 1. The predicted molar refractivity (Wildman–Crippen MR) is 145 cm³/mol. The van der Waals surface area contributed by atoms with Crippen LogP contribution in [-0.4, -0.2) is 71.0 Å². The van der Waals surface area contributed by atoms with Crippen LogP contribution in [0.15, 0.2) is 24.3 Å². The molecule has 0 spiro atoms. The molecule has 0 bridgehead atoms. The smallest absolute Gasteiger partial charge is 0.268 e. The molecule has 3 heterocycles. The summed E-state index contributed by atoms with van der Waals surface area (Å²) < 4.78 is 0. The summed E-state index contributed by atoms with van der Waals surface area (Å²) in [5.41, 5.74) is 2.14. The van der Waals surface area contributed by atoms with Gasteiger partial charge in [0.2, 0.25) is 17.7 Å². The standard InChI is InChI=1S/C29H37N5O5/c1-15-7-5-9-21-19(15)12-22(33-21)26(37)31-16(2)28(39)34-13-20-23(29(20,3)4)24(34)27(38)32-18(14-35)11-17-8-6-10-30-25(17)36/h5,7,9,12,14,16-18,20,23-24,33H,6,8,10-11,13H2,1-4H3,(H,30,36)(H,31,37)(H,32,38)/t16-,17-,18-,20-,23-,24-/m0/s1. The molecule has 1 aromatic carbocycles. The SMILES string of the molecule is Cc1cccc2[nH]c(C(=O)N[C@@H](C)C(=O)N3C[C@H]4[C@@H]([C@H]3C(=O)N[C@H](C=O)C[C@@H]3CCCNC3=O)C4(C)C)cc12. The van der Waals surface area contributed by atoms with Gasteiger partial charge < -0.3 is 30.6 Å². The molecule has 3 fully saturated rings. The monoisotopic (exact) mass is 535 g/mol. The van der Waals surface area contributed by atoms with Crippen molar-refractivity contribution in [2.24, 2.45) is 23.2 Å². The van der Waals surface area contributed by atoms with Crippen molar-refractivity contribution in [3.63, 3.8) is 0 Å². The Kier molecular flexibility index (Phi) is 6.99. The third kappa shape index (κ3) is 4.92. The number of fused-ring (bicyclic) bond motifs is 2. The van der Waals surface area contributed by atoms with Crippen LogP contribution in [0.25, 0.3) is 10.9 Å². The average molecular weight is 536 g/mol. The molecule has 1 aliphatic carbocycles. The number of piperidine rings is 2. The van der Waals surface area contributed by atoms with Crippen molar-refractivity contribution in [3.05, 3.63) is 35.5 Å². The van der Waals surface area contributed by atoms with Gasteiger partial charge in [0, 0.05) is 29.9 Å². The highest BCUT2D eigenvalue weighted by Crippen LogP contribution is 2.64. The Morgan fingerprint density at radius 2 is 2.00 bits per heavy atom. The van der Waals surface area contributed by atoms with Crippen LogP contribution in [0.1, 0.15) is 56.1 Å². The van der Waals surface area contributed by atoms with Crippen LogP contribution < -0.4 is 16.0 Å². The normalized spacial score (nSPS) is 26.8. The Hall–Kier alpha value is -3.69. The largest absolute Gasteiger partial charge is 0.356 e. The summed E-state index contributed by atoms with van der Waals surface area (Å²) in [6, 6.07) is 5.13. The molecule has 2 aromatic rings. The highest BCUT2D eigenvalue weighted by atomic mass is 16.2. The molecule has 4 amide bonds. The summed E-state index contributed by atoms with van der Waals surface area (Å²) >= 11 is 0. The summed E-state index contributed by atoms with van der Waals surface area (Å²) in [7, 11) is 0. The Labute approximate surface area is 227 Å². The molecule has 3 aliphatic rings. The summed E-state index contributed by atoms with van der Waals surface area (Å²) in [4.78, 5) is 68.7. The van der Waals surface area contributed by atoms with E-state index in [1.807, 2.05) is 25.1 Å². The molecule has 1 aromatic heterocycles. The molecule has 208 valence electrons. The van der Waals surface area contributed by atoms with Gasteiger partial charge in [-0.25, -0.2) is 0 Å². The van der Waals surface area contributed by atoms with Crippen LogP contribution in [0.5, 0.6) is 0 Å². The van der Waals surface area contributed by atoms with E-state index in [9.17, 15) is 24.0 Å². The van der Waals surface area contributed by atoms with E-state index in [4.69, 9.17) is 0 Å². The molecule has 0 unspecified atom stereocenters. The number of carbonyl (C=O) groups is 5. The fraction of sp³-hybridized carbons (Fsp3) is 0.552. The van der Waals surface area contributed by atoms with Gasteiger partial charge in [0.15, 0.2) is 0 Å². The van der Waals surface area contributed by atoms with E-state index in [0.29, 0.717) is 31.5 Å². The van der Waals surface area contributed by atoms with Crippen molar-refractivity contribution in [2.45, 2.75) is 65.1 Å². The van der Waals surface area contributed by atoms with Gasteiger partial charge in [-0.15, -0.1) is 0 Å². The molecule has 5 rings (SSSR count). The van der Waals surface area contributed by atoms with Gasteiger partial charge in [-0.2, -0.15) is 0 Å². The third-order valence-corrected chi connectivity index (χ3v) is 9.03. The van der Waals surface area contributed by atoms with Gasteiger partial charge in [0.05, 0.1) is 6.04 Å². The van der Waals surface area contributed by atoms with Crippen molar-refractivity contribution in [1.82, 2.24) is 25.8 Å². The van der Waals surface area contributed by atoms with Crippen LogP contribution >= 0.6 is 0 Å². The zero-order chi connectivity index (χ0) is 28.1. The van der Waals surface area contributed by atoms with Gasteiger partial charge >= 0.3 is 0 Å². The Morgan fingerprint density at radius 3 is 2.69 bits per heavy atom. The second-order valence-corrected chi connectivity index (χ2v) is 11.9. The fourth-order valence-corrected chi connectivity index (χ4v) is 6.61. The van der Waals surface area contributed by atoms with E-state index in [1.165, 1.54) is 0 Å². The molecule has 39 heavy (non-hydrogen) atoms. The van der Waals surface area contributed by atoms with Gasteiger partial charge in [0.1, 0.15) is 24.1 Å². The van der Waals surface area contributed by atoms with Crippen LogP contribution in [-0.2, 0) is 19.2 Å². The lowest BCUT2D eigenvalue weighted by Gasteiger charge is -2.33. The lowest BCUT2D eigenvalue weighted by Crippen LogP contribution is -2.56. The van der Waals surface area contributed by atoms with E-state index < -0.39 is 24.0 Å². The number of amides is 4. The maximum Gasteiger partial charge on any atom is 0.268 e. The maximum absolute atomic E-state index is 13.5. The highest BCUT2D eigenvalue weighted by molar-refractivity contribution is 6.01. The van der Waals surface area contributed by atoms with Crippen LogP contribution in [0.3, 0.4) is 0 Å². The Morgan fingerprint density at radius 1 is 1.23 bits per heavy atom. The average Bonchev–Trinajstić information content (AvgIpc) is 3.29. The van der Waals surface area contributed by atoms with Crippen LogP contribution in [0.2, 0.25) is 0 Å². The number of carbonyl (C=O) groups excluding carboxylic acids is 5. The van der Waals surface area contributed by atoms with E-state index in [0.717, 1.165) is 22.9 Å². The number of aldehydes is 1. The first-order valence-electron chi connectivity index (χ1n) is 13.8. The number of hydrogen-bond donors (Lipinski definition) is 4. The number of hydrogen-bond acceptors (Lipinski definition) is 5. The minimum Gasteiger partial charge on any atom is -0.356 e. The van der Waals surface area contributed by atoms with Gasteiger partial charge in [0.25, 0.3) is 5.91 Å². The van der Waals surface area contributed by atoms with E-state index in [1.54, 1.807) is 17.9 Å². The quantitative estimate of drug-likeness (QED) is 0.381. The van der Waals surface area contributed by atoms with Crippen molar-refractivity contribution in [3.8, 4) is 0 Å². The van der Waals surface area contributed by atoms with E-state index in [-0.39, 0.29) is 47.3 Å². The maximum atomic E-state index is 13.5. The number of aryl methyl sites for hydroxylation is 1. The van der Waals surface area contributed by atoms with E-state index in [2.05, 4.69) is 34.8 Å². The van der Waals surface area contributed by atoms with Crippen LogP contribution in [0, 0.1) is 30.1 Å². The summed E-state index contributed by atoms with van der Waals surface area (Å²) in [6.45, 7) is 8.79. The van der Waals surface area contributed by atoms with Crippen molar-refractivity contribution < 1.29 is 24.0 Å². The number of likely N-dealkylation sites (tertiary alicyclic amines) is 1. The van der Waals surface area contributed by atoms with Crippen molar-refractivity contribution in [2.75, 3.05) is 13.1 Å². The topological polar surface area (TPSA) is 140 Å². The first kappa shape index (κ1) is 26.9. The van der Waals surface area contributed by atoms with Gasteiger partial charge in [-0.1, -0.05) is 26.0 Å². The number of nitrogens with one attached hydrogen (secondary N) is 4. The minimum absolute atomic E-state index is 0.0358. The summed E-state index contributed by atoms with van der Waals surface area (Å²) in [5.74, 6) is -1.43. The second-order valence-electron chi connectivity index (χ2n) is 11.9. The first-order chi connectivity index (χ1) is 18.5. The highest BCUT2D eigenvalue weighted by Gasteiger charge is 2.69. The third-order valence-electron chi connectivity index (χ3n) is 9.03. The molecule has 2 aliphatic heterocycles. The van der Waals surface area contributed by atoms with Gasteiger partial charge in [-0.05, 0) is 68.1 Å². The lowest BCUT2D eigenvalue weighted by atomic mass is 9.91. The Balaban J connectivity index is 1.27. The summed E-state index contributed by atoms with van der Waals surface area (Å²) in [5, 5.41) is 9.34. The fourth-order valence-electron chi connectivity index (χ4n) is 6.61. The number of aromatic nitrogens is 1. The number of H-pyrrole nitrogens is 1. The number of aromatic amines is 1. The number of benzene rings is 1. The molecule has 2 saturated heterocycles. The lowest BCUT2D eigenvalue weighted by molar-refractivity contribution is -0.142. The number of rotatable bonds is 8. The molecule has 10 heteroatoms. The molecule has 4 N–H and O–H groups in total. The van der Waals surface area contributed by atoms with E-state index >= 15 is 0 Å². The molecule has 10 nitrogen and oxygen atoms in total. The molecule has 6 atom stereocenters. The zero-order valence-electron chi connectivity index (χ0n) is 22.9. The van der Waals surface area contributed by atoms with Crippen LogP contribution in [0.4, 0.5) is 0 Å². The zero-order valence-corrected chi connectivity index (χ0v) is 22.9. The molecule has 1 saturated carbocycles. The molecular weight excluding hydrogens is 498 g/mol. The minimum atomic E-state index is -0.853. The Bertz CT molecular complexity index is 1330. The van der Waals surface area contributed by atoms with Gasteiger partial charge in [-0.3, -0.25) is 19.2 Å². The van der Waals surface area contributed by atoms with Crippen molar-refractivity contribution in [1.29, 1.82) is 0 Å². The first-order valence-corrected chi connectivity index (χ1v) is 13.8. The molecule has 0 radical (unpaired) electrons. The van der Waals surface area contributed by atoms with Crippen molar-refractivity contribution >= 4 is 40.8 Å².